The molecule has 0 bridgehead atoms. The molecule has 0 atom stereocenters. The molecule has 5 heteroatoms. The first-order valence-electron chi connectivity index (χ1n) is 8.99. The molecule has 1 aliphatic rings. The summed E-state index contributed by atoms with van der Waals surface area (Å²) in [5, 5.41) is 3.43. The molecule has 0 unspecified atom stereocenters. The van der Waals surface area contributed by atoms with Crippen LogP contribution in [0.2, 0.25) is 5.02 Å². The van der Waals surface area contributed by atoms with Crippen LogP contribution in [0.5, 0.6) is 0 Å². The van der Waals surface area contributed by atoms with E-state index in [2.05, 4.69) is 5.32 Å². The molecule has 1 N–H and O–H groups in total. The standard InChI is InChI=1S/C21H23ClN2O2/c1-24(17-7-3-2-4-8-17)21(26)18-9-5-6-10-19(18)23-20(25)15-11-13-16(22)14-12-15/h5-6,9-14,17H,2-4,7-8H2,1H3,(H,23,25). The van der Waals surface area contributed by atoms with E-state index in [1.165, 1.54) is 6.42 Å². The maximum absolute atomic E-state index is 13.0. The molecule has 2 aromatic carbocycles. The summed E-state index contributed by atoms with van der Waals surface area (Å²) in [7, 11) is 1.86. The second-order valence-corrected chi connectivity index (χ2v) is 7.15. The average Bonchev–Trinajstić information content (AvgIpc) is 2.68. The van der Waals surface area contributed by atoms with Crippen molar-refractivity contribution in [2.45, 2.75) is 38.1 Å². The molecule has 0 aromatic heterocycles. The molecule has 0 radical (unpaired) electrons. The summed E-state index contributed by atoms with van der Waals surface area (Å²) in [5.41, 5.74) is 1.54. The number of hydrogen-bond acceptors (Lipinski definition) is 2. The Hall–Kier alpha value is -2.33. The minimum absolute atomic E-state index is 0.0519. The molecular formula is C21H23ClN2O2. The minimum Gasteiger partial charge on any atom is -0.339 e. The number of carbonyl (C=O) groups is 2. The molecule has 1 aliphatic carbocycles. The Morgan fingerprint density at radius 1 is 1.00 bits per heavy atom. The van der Waals surface area contributed by atoms with Crippen molar-refractivity contribution in [2.24, 2.45) is 0 Å². The maximum atomic E-state index is 13.0. The Morgan fingerprint density at radius 2 is 1.65 bits per heavy atom. The number of nitrogens with zero attached hydrogens (tertiary/aromatic N) is 1. The summed E-state index contributed by atoms with van der Waals surface area (Å²) in [4.78, 5) is 27.3. The third-order valence-corrected chi connectivity index (χ3v) is 5.21. The van der Waals surface area contributed by atoms with E-state index >= 15 is 0 Å². The molecule has 2 amide bonds. The number of anilines is 1. The first kappa shape index (κ1) is 18.5. The third-order valence-electron chi connectivity index (χ3n) is 4.95. The molecule has 136 valence electrons. The lowest BCUT2D eigenvalue weighted by molar-refractivity contribution is 0.0697. The van der Waals surface area contributed by atoms with E-state index in [1.54, 1.807) is 36.4 Å². The van der Waals surface area contributed by atoms with Crippen LogP contribution >= 0.6 is 11.6 Å². The molecule has 1 fully saturated rings. The third kappa shape index (κ3) is 4.25. The van der Waals surface area contributed by atoms with Gasteiger partial charge < -0.3 is 10.2 Å². The van der Waals surface area contributed by atoms with Gasteiger partial charge in [0.2, 0.25) is 0 Å². The highest BCUT2D eigenvalue weighted by atomic mass is 35.5. The number of benzene rings is 2. The number of para-hydroxylation sites is 1. The Bertz CT molecular complexity index is 783. The molecule has 3 rings (SSSR count). The number of nitrogens with one attached hydrogen (secondary N) is 1. The van der Waals surface area contributed by atoms with E-state index in [0.717, 1.165) is 25.7 Å². The van der Waals surface area contributed by atoms with Crippen LogP contribution in [-0.4, -0.2) is 29.8 Å². The van der Waals surface area contributed by atoms with E-state index in [4.69, 9.17) is 11.6 Å². The first-order chi connectivity index (χ1) is 12.6. The lowest BCUT2D eigenvalue weighted by atomic mass is 9.94. The van der Waals surface area contributed by atoms with Crippen LogP contribution in [0.1, 0.15) is 52.8 Å². The molecular weight excluding hydrogens is 348 g/mol. The van der Waals surface area contributed by atoms with E-state index in [1.807, 2.05) is 24.1 Å². The molecule has 0 heterocycles. The van der Waals surface area contributed by atoms with Gasteiger partial charge in [0.1, 0.15) is 0 Å². The van der Waals surface area contributed by atoms with Crippen LogP contribution in [0.3, 0.4) is 0 Å². The number of carbonyl (C=O) groups excluding carboxylic acids is 2. The van der Waals surface area contributed by atoms with Crippen LogP contribution in [0.25, 0.3) is 0 Å². The zero-order valence-corrected chi connectivity index (χ0v) is 15.6. The normalized spacial score (nSPS) is 14.7. The smallest absolute Gasteiger partial charge is 0.255 e. The molecule has 4 nitrogen and oxygen atoms in total. The Balaban J connectivity index is 1.78. The van der Waals surface area contributed by atoms with E-state index < -0.39 is 0 Å². The maximum Gasteiger partial charge on any atom is 0.255 e. The van der Waals surface area contributed by atoms with Crippen molar-refractivity contribution in [2.75, 3.05) is 12.4 Å². The molecule has 26 heavy (non-hydrogen) atoms. The number of halogens is 1. The van der Waals surface area contributed by atoms with Crippen LogP contribution in [0.4, 0.5) is 5.69 Å². The average molecular weight is 371 g/mol. The van der Waals surface area contributed by atoms with Crippen molar-refractivity contribution >= 4 is 29.1 Å². The van der Waals surface area contributed by atoms with Gasteiger partial charge in [0.05, 0.1) is 11.3 Å². The molecule has 1 saturated carbocycles. The van der Waals surface area contributed by atoms with Crippen molar-refractivity contribution in [3.05, 3.63) is 64.7 Å². The molecule has 0 spiro atoms. The predicted molar refractivity (Wildman–Crippen MR) is 105 cm³/mol. The van der Waals surface area contributed by atoms with Crippen LogP contribution in [0.15, 0.2) is 48.5 Å². The number of hydrogen-bond donors (Lipinski definition) is 1. The quantitative estimate of drug-likeness (QED) is 0.823. The molecule has 0 aliphatic heterocycles. The van der Waals surface area contributed by atoms with Gasteiger partial charge >= 0.3 is 0 Å². The van der Waals surface area contributed by atoms with E-state index in [-0.39, 0.29) is 17.9 Å². The summed E-state index contributed by atoms with van der Waals surface area (Å²) in [6.45, 7) is 0. The van der Waals surface area contributed by atoms with Crippen molar-refractivity contribution in [3.63, 3.8) is 0 Å². The highest BCUT2D eigenvalue weighted by molar-refractivity contribution is 6.30. The topological polar surface area (TPSA) is 49.4 Å². The van der Waals surface area contributed by atoms with Gasteiger partial charge in [-0.3, -0.25) is 9.59 Å². The predicted octanol–water partition coefficient (Wildman–Crippen LogP) is 5.00. The van der Waals surface area contributed by atoms with Gasteiger partial charge in [-0.25, -0.2) is 0 Å². The lowest BCUT2D eigenvalue weighted by Crippen LogP contribution is -2.38. The second kappa shape index (κ2) is 8.37. The van der Waals surface area contributed by atoms with Crippen molar-refractivity contribution in [3.8, 4) is 0 Å². The van der Waals surface area contributed by atoms with Crippen molar-refractivity contribution in [1.82, 2.24) is 4.90 Å². The molecule has 2 aromatic rings. The number of amides is 2. The Morgan fingerprint density at radius 3 is 2.35 bits per heavy atom. The summed E-state index contributed by atoms with van der Waals surface area (Å²) in [6, 6.07) is 14.1. The van der Waals surface area contributed by atoms with Gasteiger partial charge in [-0.05, 0) is 49.2 Å². The van der Waals surface area contributed by atoms with Crippen molar-refractivity contribution in [1.29, 1.82) is 0 Å². The van der Waals surface area contributed by atoms with Gasteiger partial charge in [0.25, 0.3) is 11.8 Å². The Labute approximate surface area is 159 Å². The Kier molecular flexibility index (Phi) is 5.94. The monoisotopic (exact) mass is 370 g/mol. The fourth-order valence-corrected chi connectivity index (χ4v) is 3.52. The largest absolute Gasteiger partial charge is 0.339 e. The SMILES string of the molecule is CN(C(=O)c1ccccc1NC(=O)c1ccc(Cl)cc1)C1CCCCC1. The number of rotatable bonds is 4. The van der Waals surface area contributed by atoms with Crippen LogP contribution in [0, 0.1) is 0 Å². The van der Waals surface area contributed by atoms with E-state index in [9.17, 15) is 9.59 Å². The van der Waals surface area contributed by atoms with Gasteiger partial charge in [-0.15, -0.1) is 0 Å². The first-order valence-corrected chi connectivity index (χ1v) is 9.37. The zero-order chi connectivity index (χ0) is 18.5. The fourth-order valence-electron chi connectivity index (χ4n) is 3.40. The van der Waals surface area contributed by atoms with Crippen LogP contribution < -0.4 is 5.32 Å². The van der Waals surface area contributed by atoms with Crippen molar-refractivity contribution < 1.29 is 9.59 Å². The van der Waals surface area contributed by atoms with Gasteiger partial charge in [0.15, 0.2) is 0 Å². The minimum atomic E-state index is -0.262. The summed E-state index contributed by atoms with van der Waals surface area (Å²) < 4.78 is 0. The van der Waals surface area contributed by atoms with Crippen LogP contribution in [-0.2, 0) is 0 Å². The summed E-state index contributed by atoms with van der Waals surface area (Å²) in [5.74, 6) is -0.314. The fraction of sp³-hybridized carbons (Fsp3) is 0.333. The lowest BCUT2D eigenvalue weighted by Gasteiger charge is -2.31. The summed E-state index contributed by atoms with van der Waals surface area (Å²) in [6.07, 6.45) is 5.66. The second-order valence-electron chi connectivity index (χ2n) is 6.71. The van der Waals surface area contributed by atoms with Gasteiger partial charge in [-0.1, -0.05) is 43.0 Å². The highest BCUT2D eigenvalue weighted by Crippen LogP contribution is 2.25. The zero-order valence-electron chi connectivity index (χ0n) is 14.9. The van der Waals surface area contributed by atoms with Gasteiger partial charge in [-0.2, -0.15) is 0 Å². The highest BCUT2D eigenvalue weighted by Gasteiger charge is 2.24. The van der Waals surface area contributed by atoms with E-state index in [0.29, 0.717) is 21.8 Å². The summed E-state index contributed by atoms with van der Waals surface area (Å²) >= 11 is 5.87. The molecule has 0 saturated heterocycles. The van der Waals surface area contributed by atoms with Gasteiger partial charge in [0, 0.05) is 23.7 Å².